The van der Waals surface area contributed by atoms with E-state index in [-0.39, 0.29) is 12.8 Å². The molecule has 0 radical (unpaired) electrons. The zero-order valence-corrected chi connectivity index (χ0v) is 15.8. The number of carbonyl (C=O) groups is 3. The van der Waals surface area contributed by atoms with Gasteiger partial charge in [0.25, 0.3) is 0 Å². The Labute approximate surface area is 166 Å². The summed E-state index contributed by atoms with van der Waals surface area (Å²) < 4.78 is 24.0. The van der Waals surface area contributed by atoms with Crippen LogP contribution in [0.3, 0.4) is 0 Å². The second kappa shape index (κ2) is 6.96. The highest BCUT2D eigenvalue weighted by Gasteiger charge is 2.59. The molecule has 2 heterocycles. The number of hydrogen-bond donors (Lipinski definition) is 2. The van der Waals surface area contributed by atoms with Crippen LogP contribution in [0, 0.1) is 23.6 Å². The molecule has 1 aliphatic carbocycles. The lowest BCUT2D eigenvalue weighted by molar-refractivity contribution is -0.137. The molecule has 0 spiro atoms. The quantitative estimate of drug-likeness (QED) is 0.542. The van der Waals surface area contributed by atoms with E-state index in [4.69, 9.17) is 4.65 Å². The first kappa shape index (κ1) is 19.6. The van der Waals surface area contributed by atoms with Crippen LogP contribution in [-0.4, -0.2) is 47.2 Å². The van der Waals surface area contributed by atoms with Crippen molar-refractivity contribution in [2.45, 2.75) is 25.9 Å². The van der Waals surface area contributed by atoms with Gasteiger partial charge in [-0.3, -0.25) is 9.59 Å². The van der Waals surface area contributed by atoms with Crippen LogP contribution in [0.1, 0.15) is 31.4 Å². The number of phenolic OH excluding ortho intramolecular Hbond substituents is 1. The molecule has 1 aromatic rings. The minimum absolute atomic E-state index is 0.211. The van der Waals surface area contributed by atoms with E-state index >= 15 is 0 Å². The molecule has 3 aliphatic rings. The Morgan fingerprint density at radius 1 is 1.31 bits per heavy atom. The molecule has 2 fully saturated rings. The Kier molecular flexibility index (Phi) is 4.70. The number of likely N-dealkylation sites (tertiary alicyclic amines) is 1. The van der Waals surface area contributed by atoms with Gasteiger partial charge in [-0.2, -0.15) is 4.90 Å². The third kappa shape index (κ3) is 2.94. The predicted octanol–water partition coefficient (Wildman–Crippen LogP) is 1.72. The molecule has 10 heteroatoms. The van der Waals surface area contributed by atoms with Crippen molar-refractivity contribution in [1.82, 2.24) is 4.90 Å². The van der Waals surface area contributed by atoms with Crippen molar-refractivity contribution in [3.8, 4) is 5.75 Å². The fraction of sp³-hybridized carbons (Fsp3) is 0.421. The molecule has 1 aromatic carbocycles. The maximum absolute atomic E-state index is 13.8. The molecule has 0 aromatic heterocycles. The summed E-state index contributed by atoms with van der Waals surface area (Å²) in [6.45, 7) is 1.75. The van der Waals surface area contributed by atoms with E-state index in [1.165, 1.54) is 12.1 Å². The Bertz CT molecular complexity index is 948. The summed E-state index contributed by atoms with van der Waals surface area (Å²) in [5.41, 5.74) is 1.64. The molecular formula is C19H19BFNO7. The highest BCUT2D eigenvalue weighted by atomic mass is 19.1. The van der Waals surface area contributed by atoms with Gasteiger partial charge in [-0.05, 0) is 48.9 Å². The van der Waals surface area contributed by atoms with Crippen LogP contribution >= 0.6 is 0 Å². The summed E-state index contributed by atoms with van der Waals surface area (Å²) in [7, 11) is -0.237. The maximum Gasteiger partial charge on any atom is 0.487 e. The number of rotatable bonds is 1. The lowest BCUT2D eigenvalue weighted by atomic mass is 9.55. The molecule has 0 saturated carbocycles. The SMILES string of the molecule is COC(=O)N1C(=O)[C@H]2[C@H](CC(C)=C3B(O)O[C@H](c4ccc(O)c(F)c4)C[C@H]32)C1=O. The molecule has 2 aliphatic heterocycles. The summed E-state index contributed by atoms with van der Waals surface area (Å²) in [5, 5.41) is 20.0. The molecule has 0 unspecified atom stereocenters. The van der Waals surface area contributed by atoms with Crippen LogP contribution < -0.4 is 0 Å². The number of benzene rings is 1. The van der Waals surface area contributed by atoms with Crippen molar-refractivity contribution >= 4 is 25.0 Å². The van der Waals surface area contributed by atoms with Gasteiger partial charge in [-0.15, -0.1) is 0 Å². The third-order valence-electron chi connectivity index (χ3n) is 6.06. The molecule has 4 atom stereocenters. The van der Waals surface area contributed by atoms with Gasteiger partial charge >= 0.3 is 13.2 Å². The van der Waals surface area contributed by atoms with Gasteiger partial charge in [0.2, 0.25) is 11.8 Å². The van der Waals surface area contributed by atoms with E-state index in [1.807, 2.05) is 0 Å². The maximum atomic E-state index is 13.8. The average molecular weight is 403 g/mol. The number of fused-ring (bicyclic) bond motifs is 3. The van der Waals surface area contributed by atoms with E-state index in [0.717, 1.165) is 18.7 Å². The number of aromatic hydroxyl groups is 1. The Morgan fingerprint density at radius 3 is 2.69 bits per heavy atom. The minimum Gasteiger partial charge on any atom is -0.505 e. The van der Waals surface area contributed by atoms with Gasteiger partial charge in [0.1, 0.15) is 0 Å². The molecule has 29 heavy (non-hydrogen) atoms. The average Bonchev–Trinajstić information content (AvgIpc) is 2.93. The molecular weight excluding hydrogens is 384 g/mol. The first-order valence-electron chi connectivity index (χ1n) is 9.21. The van der Waals surface area contributed by atoms with E-state index in [1.54, 1.807) is 6.92 Å². The predicted molar refractivity (Wildman–Crippen MR) is 96.5 cm³/mol. The Hall–Kier alpha value is -2.72. The second-order valence-corrected chi connectivity index (χ2v) is 7.58. The summed E-state index contributed by atoms with van der Waals surface area (Å²) in [4.78, 5) is 38.1. The van der Waals surface area contributed by atoms with Crippen LogP contribution in [0.4, 0.5) is 9.18 Å². The summed E-state index contributed by atoms with van der Waals surface area (Å²) in [5.74, 6) is -4.72. The van der Waals surface area contributed by atoms with Gasteiger partial charge in [0.05, 0.1) is 25.0 Å². The van der Waals surface area contributed by atoms with Gasteiger partial charge in [0, 0.05) is 0 Å². The van der Waals surface area contributed by atoms with E-state index < -0.39 is 60.5 Å². The Morgan fingerprint density at radius 2 is 2.03 bits per heavy atom. The number of carbonyl (C=O) groups excluding carboxylic acids is 3. The highest BCUT2D eigenvalue weighted by Crippen LogP contribution is 2.51. The largest absolute Gasteiger partial charge is 0.505 e. The number of imide groups is 3. The minimum atomic E-state index is -1.33. The summed E-state index contributed by atoms with van der Waals surface area (Å²) in [6, 6.07) is 3.76. The fourth-order valence-electron chi connectivity index (χ4n) is 4.77. The smallest absolute Gasteiger partial charge is 0.487 e. The van der Waals surface area contributed by atoms with Gasteiger partial charge in [0.15, 0.2) is 11.6 Å². The van der Waals surface area contributed by atoms with Crippen molar-refractivity contribution in [1.29, 1.82) is 0 Å². The zero-order valence-electron chi connectivity index (χ0n) is 15.8. The monoisotopic (exact) mass is 403 g/mol. The third-order valence-corrected chi connectivity index (χ3v) is 6.06. The van der Waals surface area contributed by atoms with Gasteiger partial charge < -0.3 is 19.5 Å². The van der Waals surface area contributed by atoms with Crippen molar-refractivity contribution in [3.63, 3.8) is 0 Å². The van der Waals surface area contributed by atoms with Crippen LogP contribution in [0.25, 0.3) is 0 Å². The van der Waals surface area contributed by atoms with Crippen LogP contribution in [-0.2, 0) is 19.0 Å². The van der Waals surface area contributed by atoms with Crippen molar-refractivity contribution in [2.75, 3.05) is 7.11 Å². The molecule has 2 N–H and O–H groups in total. The normalized spacial score (nSPS) is 29.1. The Balaban J connectivity index is 1.71. The van der Waals surface area contributed by atoms with Crippen molar-refractivity contribution in [2.24, 2.45) is 17.8 Å². The number of amides is 3. The van der Waals surface area contributed by atoms with Crippen LogP contribution in [0.15, 0.2) is 29.2 Å². The molecule has 8 nitrogen and oxygen atoms in total. The lowest BCUT2D eigenvalue weighted by Crippen LogP contribution is -2.44. The van der Waals surface area contributed by atoms with Gasteiger partial charge in [-0.1, -0.05) is 11.6 Å². The first-order chi connectivity index (χ1) is 13.7. The molecule has 152 valence electrons. The number of allylic oxidation sites excluding steroid dienone is 2. The topological polar surface area (TPSA) is 113 Å². The number of halogens is 1. The first-order valence-corrected chi connectivity index (χ1v) is 9.21. The lowest BCUT2D eigenvalue weighted by Gasteiger charge is -2.41. The van der Waals surface area contributed by atoms with E-state index in [0.29, 0.717) is 15.9 Å². The van der Waals surface area contributed by atoms with E-state index in [2.05, 4.69) is 4.74 Å². The number of hydrogen-bond acceptors (Lipinski definition) is 7. The second-order valence-electron chi connectivity index (χ2n) is 7.58. The molecule has 3 amide bonds. The molecule has 0 bridgehead atoms. The van der Waals surface area contributed by atoms with Crippen LogP contribution in [0.2, 0.25) is 0 Å². The number of phenols is 1. The van der Waals surface area contributed by atoms with Crippen molar-refractivity contribution < 1.29 is 38.3 Å². The fourth-order valence-corrected chi connectivity index (χ4v) is 4.77. The number of methoxy groups -OCH3 is 1. The number of ether oxygens (including phenoxy) is 1. The number of nitrogens with zero attached hydrogens (tertiary/aromatic N) is 1. The van der Waals surface area contributed by atoms with Crippen LogP contribution in [0.5, 0.6) is 5.75 Å². The molecule has 2 saturated heterocycles. The summed E-state index contributed by atoms with van der Waals surface area (Å²) in [6.07, 6.45) is -1.34. The highest BCUT2D eigenvalue weighted by molar-refractivity contribution is 6.53. The standard InChI is InChI=1S/C19H19BFNO7/c1-8-5-11-15(18(25)22(17(11)24)19(26)28-2)10-7-14(29-20(27)16(8)10)9-3-4-13(23)12(21)6-9/h3-4,6,10-11,14-15,23,27H,5,7H2,1-2H3/t10-,11-,14-,15+/m0/s1. The van der Waals surface area contributed by atoms with Gasteiger partial charge in [-0.25, -0.2) is 9.18 Å². The zero-order chi connectivity index (χ0) is 21.0. The molecule has 4 rings (SSSR count). The summed E-state index contributed by atoms with van der Waals surface area (Å²) >= 11 is 0. The van der Waals surface area contributed by atoms with Crippen molar-refractivity contribution in [3.05, 3.63) is 40.6 Å². The van der Waals surface area contributed by atoms with E-state index in [9.17, 15) is 28.9 Å².